The molecule has 0 spiro atoms. The van der Waals surface area contributed by atoms with Gasteiger partial charge in [-0.2, -0.15) is 13.2 Å². The molecule has 0 aliphatic carbocycles. The largest absolute Gasteiger partial charge is 0.416 e. The predicted molar refractivity (Wildman–Crippen MR) is 134 cm³/mol. The van der Waals surface area contributed by atoms with Crippen molar-refractivity contribution in [3.63, 3.8) is 0 Å². The maximum atomic E-state index is 14.0. The summed E-state index contributed by atoms with van der Waals surface area (Å²) in [6.07, 6.45) is 1.62. The molecule has 0 aromatic heterocycles. The van der Waals surface area contributed by atoms with Crippen molar-refractivity contribution in [2.45, 2.75) is 52.8 Å². The Morgan fingerprint density at radius 1 is 1.17 bits per heavy atom. The van der Waals surface area contributed by atoms with Crippen LogP contribution < -0.4 is 4.90 Å². The minimum atomic E-state index is -4.59. The van der Waals surface area contributed by atoms with Crippen molar-refractivity contribution >= 4 is 5.69 Å². The third kappa shape index (κ3) is 6.86. The number of likely N-dealkylation sites (N-methyl/N-ethyl adjacent to an activating group) is 2. The lowest BCUT2D eigenvalue weighted by Gasteiger charge is -2.29. The van der Waals surface area contributed by atoms with E-state index in [9.17, 15) is 26.3 Å². The molecule has 1 aliphatic heterocycles. The lowest BCUT2D eigenvalue weighted by atomic mass is 9.91. The van der Waals surface area contributed by atoms with Crippen LogP contribution in [-0.2, 0) is 0 Å². The lowest BCUT2D eigenvalue weighted by Crippen LogP contribution is -2.32. The number of rotatable bonds is 8. The average molecular weight is 513 g/mol. The Kier molecular flexibility index (Phi) is 10.1. The van der Waals surface area contributed by atoms with Gasteiger partial charge in [-0.05, 0) is 74.6 Å². The Morgan fingerprint density at radius 2 is 1.83 bits per heavy atom. The van der Waals surface area contributed by atoms with Gasteiger partial charge in [0.05, 0.1) is 11.6 Å². The smallest absolute Gasteiger partial charge is 0.376 e. The number of likely N-dealkylation sites (tertiary alicyclic amines) is 1. The van der Waals surface area contributed by atoms with Crippen molar-refractivity contribution in [1.29, 1.82) is 0 Å². The first-order valence-corrected chi connectivity index (χ1v) is 11.8. The van der Waals surface area contributed by atoms with Crippen LogP contribution in [0.4, 0.5) is 32.0 Å². The van der Waals surface area contributed by atoms with Gasteiger partial charge >= 0.3 is 6.18 Å². The summed E-state index contributed by atoms with van der Waals surface area (Å²) < 4.78 is 82.6. The van der Waals surface area contributed by atoms with Crippen LogP contribution in [0.25, 0.3) is 0 Å². The van der Waals surface area contributed by atoms with Crippen LogP contribution in [0.1, 0.15) is 40.5 Å². The van der Waals surface area contributed by atoms with Crippen LogP contribution in [0, 0.1) is 11.6 Å². The number of allylic oxidation sites excluding steroid dienone is 9. The van der Waals surface area contributed by atoms with Gasteiger partial charge in [-0.1, -0.05) is 24.6 Å². The first kappa shape index (κ1) is 29.3. The van der Waals surface area contributed by atoms with Crippen LogP contribution in [0.2, 0.25) is 0 Å². The van der Waals surface area contributed by atoms with Gasteiger partial charge < -0.3 is 9.80 Å². The SMILES string of the molecule is C\C=C(CF)/C(=C\C(=C\CC)C(F)(F)F)C(/C=C1/C(N(C)c2ccc(F)c(F)c2)CCN1C)=C(C)C. The minimum Gasteiger partial charge on any atom is -0.376 e. The number of halogens is 6. The maximum absolute atomic E-state index is 14.0. The molecule has 1 unspecified atom stereocenters. The van der Waals surface area contributed by atoms with E-state index in [4.69, 9.17) is 0 Å². The van der Waals surface area contributed by atoms with Gasteiger partial charge in [0, 0.05) is 38.1 Å². The molecule has 36 heavy (non-hydrogen) atoms. The Bertz CT molecular complexity index is 1090. The van der Waals surface area contributed by atoms with Gasteiger partial charge in [0.1, 0.15) is 6.67 Å². The first-order valence-electron chi connectivity index (χ1n) is 11.8. The molecule has 0 N–H and O–H groups in total. The highest BCUT2D eigenvalue weighted by Gasteiger charge is 2.33. The molecule has 1 heterocycles. The Balaban J connectivity index is 2.68. The zero-order chi connectivity index (χ0) is 27.2. The molecule has 0 bridgehead atoms. The third-order valence-electron chi connectivity index (χ3n) is 6.31. The molecule has 1 atom stereocenters. The quantitative estimate of drug-likeness (QED) is 0.257. The van der Waals surface area contributed by atoms with E-state index in [1.165, 1.54) is 12.1 Å². The topological polar surface area (TPSA) is 6.48 Å². The van der Waals surface area contributed by atoms with Crippen LogP contribution in [-0.4, -0.2) is 44.4 Å². The molecule has 8 heteroatoms. The number of nitrogens with zero attached hydrogens (tertiary/aromatic N) is 2. The summed E-state index contributed by atoms with van der Waals surface area (Å²) in [5.74, 6) is -1.91. The highest BCUT2D eigenvalue weighted by molar-refractivity contribution is 5.58. The van der Waals surface area contributed by atoms with Gasteiger partial charge in [-0.3, -0.25) is 0 Å². The van der Waals surface area contributed by atoms with E-state index in [1.54, 1.807) is 40.8 Å². The molecule has 0 radical (unpaired) electrons. The van der Waals surface area contributed by atoms with E-state index >= 15 is 0 Å². The second-order valence-electron chi connectivity index (χ2n) is 8.99. The summed E-state index contributed by atoms with van der Waals surface area (Å²) in [6, 6.07) is 3.41. The molecule has 0 saturated carbocycles. The van der Waals surface area contributed by atoms with E-state index in [2.05, 4.69) is 0 Å². The van der Waals surface area contributed by atoms with Crippen LogP contribution in [0.5, 0.6) is 0 Å². The van der Waals surface area contributed by atoms with E-state index in [-0.39, 0.29) is 23.6 Å². The fourth-order valence-corrected chi connectivity index (χ4v) is 4.25. The summed E-state index contributed by atoms with van der Waals surface area (Å²) in [4.78, 5) is 3.78. The number of hydrogen-bond acceptors (Lipinski definition) is 2. The standard InChI is InChI=1S/C28H34F6N2/c1-7-9-20(28(32,33)34)14-23(19(8-2)17-29)22(18(3)4)16-27-26(12-13-35(27)5)36(6)21-10-11-24(30)25(31)15-21/h8-11,14-16,26H,7,12-13,17H2,1-6H3/b19-8-,20-9-,23-14+,27-16-. The number of anilines is 1. The summed E-state index contributed by atoms with van der Waals surface area (Å²) in [5.41, 5.74) is 1.94. The summed E-state index contributed by atoms with van der Waals surface area (Å²) in [5, 5.41) is 0. The molecular formula is C28H34F6N2. The van der Waals surface area contributed by atoms with E-state index < -0.39 is 30.1 Å². The normalized spacial score (nSPS) is 18.8. The Hall–Kier alpha value is -2.90. The van der Waals surface area contributed by atoms with Crippen molar-refractivity contribution in [2.24, 2.45) is 0 Å². The highest BCUT2D eigenvalue weighted by Crippen LogP contribution is 2.36. The molecule has 1 aliphatic rings. The molecule has 1 aromatic rings. The molecule has 1 aromatic carbocycles. The van der Waals surface area contributed by atoms with Crippen LogP contribution >= 0.6 is 0 Å². The highest BCUT2D eigenvalue weighted by atomic mass is 19.4. The van der Waals surface area contributed by atoms with E-state index in [0.29, 0.717) is 29.8 Å². The van der Waals surface area contributed by atoms with Gasteiger partial charge in [0.15, 0.2) is 11.6 Å². The third-order valence-corrected chi connectivity index (χ3v) is 6.31. The summed E-state index contributed by atoms with van der Waals surface area (Å²) in [7, 11) is 3.62. The van der Waals surface area contributed by atoms with E-state index in [0.717, 1.165) is 30.0 Å². The zero-order valence-corrected chi connectivity index (χ0v) is 21.6. The maximum Gasteiger partial charge on any atom is 0.416 e. The average Bonchev–Trinajstić information content (AvgIpc) is 3.17. The fourth-order valence-electron chi connectivity index (χ4n) is 4.25. The van der Waals surface area contributed by atoms with Gasteiger partial charge in [0.2, 0.25) is 0 Å². The Labute approximate surface area is 210 Å². The number of benzene rings is 1. The molecule has 2 nitrogen and oxygen atoms in total. The number of hydrogen-bond donors (Lipinski definition) is 0. The molecular weight excluding hydrogens is 478 g/mol. The van der Waals surface area contributed by atoms with E-state index in [1.807, 2.05) is 16.8 Å². The monoisotopic (exact) mass is 512 g/mol. The van der Waals surface area contributed by atoms with Crippen LogP contribution in [0.3, 0.4) is 0 Å². The van der Waals surface area contributed by atoms with Gasteiger partial charge in [-0.15, -0.1) is 0 Å². The molecule has 198 valence electrons. The predicted octanol–water partition coefficient (Wildman–Crippen LogP) is 8.07. The molecule has 0 amide bonds. The number of alkyl halides is 4. The van der Waals surface area contributed by atoms with Crippen molar-refractivity contribution in [3.05, 3.63) is 87.7 Å². The van der Waals surface area contributed by atoms with Gasteiger partial charge in [-0.25, -0.2) is 13.2 Å². The Morgan fingerprint density at radius 3 is 2.33 bits per heavy atom. The van der Waals surface area contributed by atoms with Gasteiger partial charge in [0.25, 0.3) is 0 Å². The second-order valence-corrected chi connectivity index (χ2v) is 8.99. The van der Waals surface area contributed by atoms with Crippen molar-refractivity contribution in [2.75, 3.05) is 32.2 Å². The first-order chi connectivity index (χ1) is 16.8. The minimum absolute atomic E-state index is 0.153. The van der Waals surface area contributed by atoms with Crippen LogP contribution in [0.15, 0.2) is 76.1 Å². The van der Waals surface area contributed by atoms with Crippen molar-refractivity contribution in [1.82, 2.24) is 4.90 Å². The fraction of sp³-hybridized carbons (Fsp3) is 0.429. The van der Waals surface area contributed by atoms with Crippen molar-refractivity contribution in [3.8, 4) is 0 Å². The van der Waals surface area contributed by atoms with Crippen molar-refractivity contribution < 1.29 is 26.3 Å². The zero-order valence-electron chi connectivity index (χ0n) is 21.6. The summed E-state index contributed by atoms with van der Waals surface area (Å²) in [6.45, 7) is 6.48. The molecule has 1 saturated heterocycles. The summed E-state index contributed by atoms with van der Waals surface area (Å²) >= 11 is 0. The second kappa shape index (κ2) is 12.4. The lowest BCUT2D eigenvalue weighted by molar-refractivity contribution is -0.0884. The molecule has 2 rings (SSSR count). The molecule has 1 fully saturated rings.